The number of allylic oxidation sites excluding steroid dienone is 4. The van der Waals surface area contributed by atoms with Crippen molar-refractivity contribution in [3.8, 4) is 11.4 Å². The van der Waals surface area contributed by atoms with Gasteiger partial charge in [0.15, 0.2) is 5.82 Å². The van der Waals surface area contributed by atoms with E-state index < -0.39 is 5.41 Å². The summed E-state index contributed by atoms with van der Waals surface area (Å²) in [4.78, 5) is 45.3. The molecule has 52 heavy (non-hydrogen) atoms. The van der Waals surface area contributed by atoms with Gasteiger partial charge in [0.1, 0.15) is 0 Å². The van der Waals surface area contributed by atoms with Crippen molar-refractivity contribution in [2.24, 2.45) is 5.41 Å². The lowest BCUT2D eigenvalue weighted by atomic mass is 9.86. The average Bonchev–Trinajstić information content (AvgIpc) is 3.80. The standard InChI is InChI=1S/C40H48N8O4/c1-4-6-8-31(15-21-43-51-3)37-34-25-33(13-14-35(34)45-46-37)44-39(50)40(28-52-5-2)18-24-47(27-40)26-36(49)48-22-16-30(17-23-48)29-9-11-32(12-10-29)38-41-19-7-20-42-38/h4,7-15,19-21,25,30,43H,1,5-6,16-18,22-24,26-28H2,2-3H3,(H,44,50)(H,45,46)/b21-15-,31-8?/t40-/m1/s1. The van der Waals surface area contributed by atoms with Crippen molar-refractivity contribution < 1.29 is 19.2 Å². The van der Waals surface area contributed by atoms with Crippen LogP contribution in [0.2, 0.25) is 0 Å². The summed E-state index contributed by atoms with van der Waals surface area (Å²) in [6.07, 6.45) is 14.0. The molecule has 6 rings (SSSR count). The van der Waals surface area contributed by atoms with Crippen molar-refractivity contribution in [2.75, 3.05) is 58.4 Å². The number of likely N-dealkylation sites (tertiary alicyclic amines) is 2. The Kier molecular flexibility index (Phi) is 12.2. The van der Waals surface area contributed by atoms with Gasteiger partial charge in [-0.2, -0.15) is 5.10 Å². The number of amides is 2. The molecular weight excluding hydrogens is 656 g/mol. The van der Waals surface area contributed by atoms with Gasteiger partial charge in [0.2, 0.25) is 11.8 Å². The van der Waals surface area contributed by atoms with E-state index in [4.69, 9.17) is 9.57 Å². The molecule has 2 aromatic heterocycles. The highest BCUT2D eigenvalue weighted by Gasteiger charge is 2.45. The smallest absolute Gasteiger partial charge is 0.236 e. The monoisotopic (exact) mass is 704 g/mol. The van der Waals surface area contributed by atoms with Gasteiger partial charge in [-0.15, -0.1) is 6.58 Å². The topological polar surface area (TPSA) is 138 Å². The van der Waals surface area contributed by atoms with Crippen molar-refractivity contribution in [2.45, 2.75) is 38.5 Å². The molecule has 0 unspecified atom stereocenters. The minimum absolute atomic E-state index is 0.107. The van der Waals surface area contributed by atoms with Crippen molar-refractivity contribution in [3.05, 3.63) is 103 Å². The highest BCUT2D eigenvalue weighted by Crippen LogP contribution is 2.35. The zero-order valence-corrected chi connectivity index (χ0v) is 30.0. The summed E-state index contributed by atoms with van der Waals surface area (Å²) in [5, 5.41) is 11.7. The summed E-state index contributed by atoms with van der Waals surface area (Å²) < 4.78 is 5.88. The van der Waals surface area contributed by atoms with Gasteiger partial charge < -0.3 is 15.0 Å². The molecule has 4 heterocycles. The number of anilines is 1. The summed E-state index contributed by atoms with van der Waals surface area (Å²) >= 11 is 0. The van der Waals surface area contributed by atoms with Crippen LogP contribution in [0.3, 0.4) is 0 Å². The van der Waals surface area contributed by atoms with Crippen molar-refractivity contribution in [1.29, 1.82) is 0 Å². The predicted molar refractivity (Wildman–Crippen MR) is 203 cm³/mol. The van der Waals surface area contributed by atoms with Crippen LogP contribution >= 0.6 is 0 Å². The summed E-state index contributed by atoms with van der Waals surface area (Å²) in [7, 11) is 1.55. The third-order valence-electron chi connectivity index (χ3n) is 9.96. The van der Waals surface area contributed by atoms with Gasteiger partial charge in [-0.25, -0.2) is 9.97 Å². The minimum Gasteiger partial charge on any atom is -0.381 e. The summed E-state index contributed by atoms with van der Waals surface area (Å²) in [5.41, 5.74) is 7.35. The van der Waals surface area contributed by atoms with Crippen molar-refractivity contribution in [3.63, 3.8) is 0 Å². The second-order valence-corrected chi connectivity index (χ2v) is 13.4. The first-order chi connectivity index (χ1) is 25.4. The number of carbonyl (C=O) groups is 2. The number of rotatable bonds is 15. The van der Waals surface area contributed by atoms with Crippen LogP contribution in [0.1, 0.15) is 49.8 Å². The number of nitrogens with zero attached hydrogens (tertiary/aromatic N) is 5. The first-order valence-electron chi connectivity index (χ1n) is 17.9. The molecule has 3 N–H and O–H groups in total. The molecule has 272 valence electrons. The number of H-pyrrole nitrogens is 1. The van der Waals surface area contributed by atoms with Crippen molar-refractivity contribution >= 4 is 34.0 Å². The van der Waals surface area contributed by atoms with Crippen molar-refractivity contribution in [1.82, 2.24) is 35.4 Å². The fraction of sp³-hybridized carbons (Fsp3) is 0.375. The van der Waals surface area contributed by atoms with E-state index >= 15 is 0 Å². The zero-order valence-electron chi connectivity index (χ0n) is 30.0. The number of aromatic amines is 1. The second-order valence-electron chi connectivity index (χ2n) is 13.4. The molecule has 2 aliphatic heterocycles. The molecule has 2 aliphatic rings. The van der Waals surface area contributed by atoms with E-state index in [1.807, 2.05) is 54.3 Å². The second kappa shape index (κ2) is 17.4. The highest BCUT2D eigenvalue weighted by atomic mass is 16.6. The number of hydrogen-bond donors (Lipinski definition) is 3. The van der Waals surface area contributed by atoms with Gasteiger partial charge in [0, 0.05) is 67.0 Å². The van der Waals surface area contributed by atoms with Gasteiger partial charge in [0.25, 0.3) is 0 Å². The SMILES string of the molecule is C=CCC=C(/C=C\NOC)c1n[nH]c2ccc(NC(=O)[C@]3(COCC)CCN(CC(=O)N4CCC(c5ccc(-c6ncccn6)cc5)CC4)C3)cc12. The largest absolute Gasteiger partial charge is 0.381 e. The number of fused-ring (bicyclic) bond motifs is 1. The Morgan fingerprint density at radius 3 is 2.62 bits per heavy atom. The molecule has 0 aliphatic carbocycles. The molecule has 12 heteroatoms. The number of piperidine rings is 1. The molecule has 1 atom stereocenters. The maximum Gasteiger partial charge on any atom is 0.236 e. The normalized spacial score (nSPS) is 18.7. The fourth-order valence-electron chi connectivity index (χ4n) is 7.09. The lowest BCUT2D eigenvalue weighted by molar-refractivity contribution is -0.134. The number of ether oxygens (including phenoxy) is 1. The minimum atomic E-state index is -0.780. The number of nitrogens with one attached hydrogen (secondary N) is 3. The lowest BCUT2D eigenvalue weighted by Crippen LogP contribution is -2.46. The quantitative estimate of drug-likeness (QED) is 0.0807. The molecule has 4 aromatic rings. The first kappa shape index (κ1) is 36.6. The number of aromatic nitrogens is 4. The van der Waals surface area contributed by atoms with Crippen LogP contribution in [-0.4, -0.2) is 94.8 Å². The van der Waals surface area contributed by atoms with E-state index in [1.54, 1.807) is 25.7 Å². The van der Waals surface area contributed by atoms with Gasteiger partial charge in [-0.3, -0.25) is 29.9 Å². The van der Waals surface area contributed by atoms with E-state index in [9.17, 15) is 9.59 Å². The van der Waals surface area contributed by atoms with Gasteiger partial charge in [-0.05, 0) is 81.0 Å². The van der Waals surface area contributed by atoms with E-state index in [2.05, 4.69) is 66.7 Å². The third kappa shape index (κ3) is 8.64. The first-order valence-corrected chi connectivity index (χ1v) is 17.9. The van der Waals surface area contributed by atoms with Gasteiger partial charge in [-0.1, -0.05) is 36.4 Å². The molecule has 2 saturated heterocycles. The lowest BCUT2D eigenvalue weighted by Gasteiger charge is -2.33. The Morgan fingerprint density at radius 2 is 1.88 bits per heavy atom. The van der Waals surface area contributed by atoms with Crippen LogP contribution in [-0.2, 0) is 19.2 Å². The Hall–Kier alpha value is -5.17. The van der Waals surface area contributed by atoms with Gasteiger partial charge in [0.05, 0.1) is 36.9 Å². The molecular formula is C40H48N8O4. The average molecular weight is 705 g/mol. The van der Waals surface area contributed by atoms with Crippen LogP contribution in [0, 0.1) is 5.41 Å². The fourth-order valence-corrected chi connectivity index (χ4v) is 7.09. The number of benzene rings is 2. The molecule has 0 spiro atoms. The van der Waals surface area contributed by atoms with Gasteiger partial charge >= 0.3 is 0 Å². The summed E-state index contributed by atoms with van der Waals surface area (Å²) in [6.45, 7) is 9.35. The Balaban J connectivity index is 1.07. The molecule has 0 saturated carbocycles. The van der Waals surface area contributed by atoms with Crippen LogP contribution < -0.4 is 10.8 Å². The summed E-state index contributed by atoms with van der Waals surface area (Å²) in [5.74, 6) is 1.12. The zero-order chi connectivity index (χ0) is 36.3. The van der Waals surface area contributed by atoms with Crippen LogP contribution in [0.25, 0.3) is 27.9 Å². The highest BCUT2D eigenvalue weighted by molar-refractivity contribution is 6.00. The molecule has 0 radical (unpaired) electrons. The summed E-state index contributed by atoms with van der Waals surface area (Å²) in [6, 6.07) is 16.0. The Labute approximate surface area is 305 Å². The van der Waals surface area contributed by atoms with Crippen LogP contribution in [0.5, 0.6) is 0 Å². The number of carbonyl (C=O) groups excluding carboxylic acids is 2. The molecule has 2 aromatic carbocycles. The van der Waals surface area contributed by atoms with E-state index in [1.165, 1.54) is 5.56 Å². The Morgan fingerprint density at radius 1 is 1.10 bits per heavy atom. The number of hydrogen-bond acceptors (Lipinski definition) is 9. The maximum absolute atomic E-state index is 14.1. The molecule has 2 amide bonds. The molecule has 0 bridgehead atoms. The molecule has 12 nitrogen and oxygen atoms in total. The predicted octanol–water partition coefficient (Wildman–Crippen LogP) is 5.72. The van der Waals surface area contributed by atoms with E-state index in [0.717, 1.165) is 46.4 Å². The molecule has 2 fully saturated rings. The van der Waals surface area contributed by atoms with E-state index in [0.29, 0.717) is 57.2 Å². The van der Waals surface area contributed by atoms with E-state index in [-0.39, 0.29) is 25.0 Å². The van der Waals surface area contributed by atoms with Crippen LogP contribution in [0.15, 0.2) is 91.9 Å². The maximum atomic E-state index is 14.1. The third-order valence-corrected chi connectivity index (χ3v) is 9.96. The Bertz CT molecular complexity index is 1880. The number of hydroxylamine groups is 1. The van der Waals surface area contributed by atoms with Crippen LogP contribution in [0.4, 0.5) is 5.69 Å².